The van der Waals surface area contributed by atoms with Crippen LogP contribution in [-0.2, 0) is 11.3 Å². The Bertz CT molecular complexity index is 860. The molecular formula is C21H23ClN2O2. The minimum Gasteiger partial charge on any atom is -0.484 e. The normalized spacial score (nSPS) is 11.6. The third kappa shape index (κ3) is 4.97. The molecule has 0 aromatic heterocycles. The van der Waals surface area contributed by atoms with Crippen LogP contribution >= 0.6 is 12.4 Å². The van der Waals surface area contributed by atoms with Gasteiger partial charge in [-0.3, -0.25) is 4.79 Å². The molecule has 136 valence electrons. The van der Waals surface area contributed by atoms with Gasteiger partial charge in [-0.25, -0.2) is 0 Å². The molecule has 0 fully saturated rings. The maximum atomic E-state index is 10.7. The fraction of sp³-hybridized carbons (Fsp3) is 0.190. The maximum absolute atomic E-state index is 10.7. The lowest BCUT2D eigenvalue weighted by molar-refractivity contribution is -0.119. The van der Waals surface area contributed by atoms with E-state index < -0.39 is 5.91 Å². The van der Waals surface area contributed by atoms with Crippen molar-refractivity contribution >= 4 is 29.1 Å². The van der Waals surface area contributed by atoms with E-state index in [0.29, 0.717) is 5.75 Å². The van der Waals surface area contributed by atoms with Crippen LogP contribution in [0.5, 0.6) is 5.75 Å². The number of carbonyl (C=O) groups is 1. The lowest BCUT2D eigenvalue weighted by atomic mass is 9.99. The molecule has 3 aromatic rings. The molecule has 3 rings (SSSR count). The quantitative estimate of drug-likeness (QED) is 0.661. The Morgan fingerprint density at radius 3 is 2.46 bits per heavy atom. The van der Waals surface area contributed by atoms with Gasteiger partial charge >= 0.3 is 0 Å². The topological polar surface area (TPSA) is 64.3 Å². The second-order valence-electron chi connectivity index (χ2n) is 6.07. The van der Waals surface area contributed by atoms with Crippen molar-refractivity contribution in [2.45, 2.75) is 19.5 Å². The van der Waals surface area contributed by atoms with Gasteiger partial charge in [0, 0.05) is 12.6 Å². The van der Waals surface area contributed by atoms with Crippen molar-refractivity contribution in [1.82, 2.24) is 5.32 Å². The minimum absolute atomic E-state index is 0. The van der Waals surface area contributed by atoms with Crippen LogP contribution in [-0.4, -0.2) is 12.5 Å². The first-order valence-corrected chi connectivity index (χ1v) is 8.34. The molecule has 1 amide bonds. The summed E-state index contributed by atoms with van der Waals surface area (Å²) in [5.74, 6) is 0.166. The number of halogens is 1. The molecule has 4 nitrogen and oxygen atoms in total. The van der Waals surface area contributed by atoms with Crippen LogP contribution in [0, 0.1) is 0 Å². The summed E-state index contributed by atoms with van der Waals surface area (Å²) in [6.07, 6.45) is 0. The number of primary amides is 1. The predicted octanol–water partition coefficient (Wildman–Crippen LogP) is 3.98. The smallest absolute Gasteiger partial charge is 0.255 e. The van der Waals surface area contributed by atoms with E-state index in [2.05, 4.69) is 54.7 Å². The summed E-state index contributed by atoms with van der Waals surface area (Å²) in [6, 6.07) is 22.7. The van der Waals surface area contributed by atoms with Crippen molar-refractivity contribution < 1.29 is 9.53 Å². The number of hydrogen-bond donors (Lipinski definition) is 2. The summed E-state index contributed by atoms with van der Waals surface area (Å²) < 4.78 is 5.27. The summed E-state index contributed by atoms with van der Waals surface area (Å²) in [5, 5.41) is 6.09. The van der Waals surface area contributed by atoms with E-state index >= 15 is 0 Å². The lowest BCUT2D eigenvalue weighted by Gasteiger charge is -2.17. The lowest BCUT2D eigenvalue weighted by Crippen LogP contribution is -2.20. The van der Waals surface area contributed by atoms with Gasteiger partial charge in [-0.05, 0) is 41.0 Å². The number of carbonyl (C=O) groups excluding carboxylic acids is 1. The molecule has 0 aliphatic rings. The van der Waals surface area contributed by atoms with Gasteiger partial charge in [0.05, 0.1) is 0 Å². The van der Waals surface area contributed by atoms with Crippen LogP contribution in [0.1, 0.15) is 24.1 Å². The van der Waals surface area contributed by atoms with Gasteiger partial charge < -0.3 is 15.8 Å². The Morgan fingerprint density at radius 1 is 1.04 bits per heavy atom. The number of nitrogens with two attached hydrogens (primary N) is 1. The van der Waals surface area contributed by atoms with Crippen LogP contribution in [0.4, 0.5) is 0 Å². The number of nitrogens with one attached hydrogen (secondary N) is 1. The first-order chi connectivity index (χ1) is 12.1. The predicted molar refractivity (Wildman–Crippen MR) is 108 cm³/mol. The Labute approximate surface area is 159 Å². The highest BCUT2D eigenvalue weighted by Crippen LogP contribution is 2.24. The fourth-order valence-corrected chi connectivity index (χ4v) is 2.87. The molecule has 0 saturated carbocycles. The standard InChI is InChI=1S/C21H22N2O2.ClH/c1-15(19-8-4-6-17-5-2-3-7-20(17)19)23-13-16-9-11-18(12-10-16)25-14-21(22)24;/h2-12,15,23H,13-14H2,1H3,(H2,22,24);1H. The number of amides is 1. The third-order valence-electron chi connectivity index (χ3n) is 4.21. The highest BCUT2D eigenvalue weighted by atomic mass is 35.5. The molecule has 0 spiro atoms. The van der Waals surface area contributed by atoms with Crippen molar-refractivity contribution in [2.24, 2.45) is 5.73 Å². The molecule has 0 radical (unpaired) electrons. The molecule has 1 unspecified atom stereocenters. The van der Waals surface area contributed by atoms with E-state index in [1.54, 1.807) is 0 Å². The molecule has 0 bridgehead atoms. The van der Waals surface area contributed by atoms with E-state index in [0.717, 1.165) is 12.1 Å². The van der Waals surface area contributed by atoms with Crippen molar-refractivity contribution in [3.63, 3.8) is 0 Å². The van der Waals surface area contributed by atoms with Gasteiger partial charge in [-0.15, -0.1) is 12.4 Å². The van der Waals surface area contributed by atoms with E-state index in [9.17, 15) is 4.79 Å². The SMILES string of the molecule is CC(NCc1ccc(OCC(N)=O)cc1)c1cccc2ccccc12.Cl. The average molecular weight is 371 g/mol. The summed E-state index contributed by atoms with van der Waals surface area (Å²) in [6.45, 7) is 2.82. The number of hydrogen-bond acceptors (Lipinski definition) is 3. The van der Waals surface area contributed by atoms with Gasteiger partial charge in [0.2, 0.25) is 0 Å². The molecule has 5 heteroatoms. The van der Waals surface area contributed by atoms with Gasteiger partial charge in [-0.2, -0.15) is 0 Å². The largest absolute Gasteiger partial charge is 0.484 e. The van der Waals surface area contributed by atoms with Crippen LogP contribution in [0.3, 0.4) is 0 Å². The first kappa shape index (κ1) is 19.8. The van der Waals surface area contributed by atoms with Crippen molar-refractivity contribution in [3.8, 4) is 5.75 Å². The molecule has 0 aliphatic heterocycles. The van der Waals surface area contributed by atoms with E-state index in [1.165, 1.54) is 16.3 Å². The van der Waals surface area contributed by atoms with Crippen LogP contribution in [0.25, 0.3) is 10.8 Å². The van der Waals surface area contributed by atoms with Gasteiger partial charge in [0.25, 0.3) is 5.91 Å². The monoisotopic (exact) mass is 370 g/mol. The van der Waals surface area contributed by atoms with Crippen molar-refractivity contribution in [1.29, 1.82) is 0 Å². The highest BCUT2D eigenvalue weighted by molar-refractivity contribution is 5.86. The van der Waals surface area contributed by atoms with Crippen molar-refractivity contribution in [2.75, 3.05) is 6.61 Å². The fourth-order valence-electron chi connectivity index (χ4n) is 2.87. The molecule has 0 saturated heterocycles. The summed E-state index contributed by atoms with van der Waals surface area (Å²) in [7, 11) is 0. The highest BCUT2D eigenvalue weighted by Gasteiger charge is 2.08. The number of rotatable bonds is 7. The molecule has 0 aliphatic carbocycles. The Balaban J connectivity index is 0.00000243. The molecule has 1 atom stereocenters. The Kier molecular flexibility index (Phi) is 7.01. The van der Waals surface area contributed by atoms with Crippen LogP contribution < -0.4 is 15.8 Å². The van der Waals surface area contributed by atoms with E-state index in [-0.39, 0.29) is 25.1 Å². The van der Waals surface area contributed by atoms with Crippen molar-refractivity contribution in [3.05, 3.63) is 77.9 Å². The molecular weight excluding hydrogens is 348 g/mol. The zero-order valence-electron chi connectivity index (χ0n) is 14.6. The maximum Gasteiger partial charge on any atom is 0.255 e. The van der Waals surface area contributed by atoms with E-state index in [4.69, 9.17) is 10.5 Å². The number of fused-ring (bicyclic) bond motifs is 1. The second kappa shape index (κ2) is 9.22. The second-order valence-corrected chi connectivity index (χ2v) is 6.07. The molecule has 3 aromatic carbocycles. The number of benzene rings is 3. The van der Waals surface area contributed by atoms with Gasteiger partial charge in [-0.1, -0.05) is 54.6 Å². The van der Waals surface area contributed by atoms with Gasteiger partial charge in [0.15, 0.2) is 6.61 Å². The average Bonchev–Trinajstić information content (AvgIpc) is 2.64. The summed E-state index contributed by atoms with van der Waals surface area (Å²) in [5.41, 5.74) is 7.51. The summed E-state index contributed by atoms with van der Waals surface area (Å²) >= 11 is 0. The van der Waals surface area contributed by atoms with E-state index in [1.807, 2.05) is 24.3 Å². The minimum atomic E-state index is -0.477. The van der Waals surface area contributed by atoms with Gasteiger partial charge in [0.1, 0.15) is 5.75 Å². The molecule has 26 heavy (non-hydrogen) atoms. The Morgan fingerprint density at radius 2 is 1.73 bits per heavy atom. The molecule has 3 N–H and O–H groups in total. The third-order valence-corrected chi connectivity index (χ3v) is 4.21. The number of ether oxygens (including phenoxy) is 1. The zero-order chi connectivity index (χ0) is 17.6. The zero-order valence-corrected chi connectivity index (χ0v) is 15.5. The Hall–Kier alpha value is -2.56. The van der Waals surface area contributed by atoms with Crippen LogP contribution in [0.2, 0.25) is 0 Å². The molecule has 0 heterocycles. The first-order valence-electron chi connectivity index (χ1n) is 8.34. The van der Waals surface area contributed by atoms with Crippen LogP contribution in [0.15, 0.2) is 66.7 Å². The summed E-state index contributed by atoms with van der Waals surface area (Å²) in [4.78, 5) is 10.7.